The first-order valence-corrected chi connectivity index (χ1v) is 5.18. The van der Waals surface area contributed by atoms with Crippen molar-refractivity contribution >= 4 is 5.91 Å². The third-order valence-corrected chi connectivity index (χ3v) is 2.59. The number of pyridine rings is 1. The number of primary amides is 1. The number of hydrogen-bond acceptors (Lipinski definition) is 2. The predicted octanol–water partition coefficient (Wildman–Crippen LogP) is 1.24. The molecule has 0 saturated heterocycles. The molecule has 2 aromatic rings. The third-order valence-electron chi connectivity index (χ3n) is 2.59. The molecule has 0 bridgehead atoms. The van der Waals surface area contributed by atoms with Crippen molar-refractivity contribution in [3.8, 4) is 5.69 Å². The van der Waals surface area contributed by atoms with Gasteiger partial charge in [0.2, 0.25) is 5.91 Å². The van der Waals surface area contributed by atoms with Crippen molar-refractivity contribution < 1.29 is 4.79 Å². The number of benzene rings is 1. The van der Waals surface area contributed by atoms with Gasteiger partial charge in [-0.2, -0.15) is 0 Å². The Hall–Kier alpha value is -2.36. The molecule has 2 N–H and O–H groups in total. The predicted molar refractivity (Wildman–Crippen MR) is 65.3 cm³/mol. The fourth-order valence-corrected chi connectivity index (χ4v) is 1.67. The standard InChI is InChI=1S/C13H12N2O2/c1-9-5-6-10(8-11(9)13(14)17)15-7-3-2-4-12(15)16/h2-8H,1H3,(H2,14,17). The normalized spacial score (nSPS) is 10.2. The summed E-state index contributed by atoms with van der Waals surface area (Å²) in [5.41, 5.74) is 6.99. The Morgan fingerprint density at radius 3 is 2.65 bits per heavy atom. The third kappa shape index (κ3) is 2.10. The number of nitrogens with zero attached hydrogens (tertiary/aromatic N) is 1. The molecular weight excluding hydrogens is 216 g/mol. The molecular formula is C13H12N2O2. The highest BCUT2D eigenvalue weighted by molar-refractivity contribution is 5.94. The summed E-state index contributed by atoms with van der Waals surface area (Å²) in [5.74, 6) is -0.492. The lowest BCUT2D eigenvalue weighted by Crippen LogP contribution is -2.18. The van der Waals surface area contributed by atoms with Crippen LogP contribution in [0, 0.1) is 6.92 Å². The first-order chi connectivity index (χ1) is 8.09. The molecule has 1 amide bonds. The maximum Gasteiger partial charge on any atom is 0.255 e. The average molecular weight is 228 g/mol. The van der Waals surface area contributed by atoms with Gasteiger partial charge in [0.1, 0.15) is 0 Å². The summed E-state index contributed by atoms with van der Waals surface area (Å²) >= 11 is 0. The molecule has 0 radical (unpaired) electrons. The Bertz CT molecular complexity index is 629. The van der Waals surface area contributed by atoms with Crippen molar-refractivity contribution in [2.75, 3.05) is 0 Å². The molecule has 0 aliphatic heterocycles. The Morgan fingerprint density at radius 2 is 2.00 bits per heavy atom. The van der Waals surface area contributed by atoms with E-state index in [-0.39, 0.29) is 5.56 Å². The van der Waals surface area contributed by atoms with Crippen LogP contribution in [0.3, 0.4) is 0 Å². The van der Waals surface area contributed by atoms with Crippen LogP contribution in [0.25, 0.3) is 5.69 Å². The van der Waals surface area contributed by atoms with Crippen LogP contribution in [0.5, 0.6) is 0 Å². The van der Waals surface area contributed by atoms with Crippen LogP contribution in [-0.4, -0.2) is 10.5 Å². The van der Waals surface area contributed by atoms with Crippen molar-refractivity contribution in [1.82, 2.24) is 4.57 Å². The Morgan fingerprint density at radius 1 is 1.24 bits per heavy atom. The van der Waals surface area contributed by atoms with Gasteiger partial charge in [-0.3, -0.25) is 14.2 Å². The summed E-state index contributed by atoms with van der Waals surface area (Å²) < 4.78 is 1.46. The number of amides is 1. The van der Waals surface area contributed by atoms with Gasteiger partial charge in [0.25, 0.3) is 5.56 Å². The smallest absolute Gasteiger partial charge is 0.255 e. The van der Waals surface area contributed by atoms with Gasteiger partial charge in [0.05, 0.1) is 0 Å². The number of aromatic nitrogens is 1. The Balaban J connectivity index is 2.62. The molecule has 1 aromatic heterocycles. The van der Waals surface area contributed by atoms with E-state index in [0.717, 1.165) is 5.56 Å². The largest absolute Gasteiger partial charge is 0.366 e. The molecule has 17 heavy (non-hydrogen) atoms. The van der Waals surface area contributed by atoms with Gasteiger partial charge >= 0.3 is 0 Å². The fourth-order valence-electron chi connectivity index (χ4n) is 1.67. The van der Waals surface area contributed by atoms with Gasteiger partial charge in [-0.05, 0) is 30.7 Å². The highest BCUT2D eigenvalue weighted by atomic mass is 16.1. The molecule has 86 valence electrons. The van der Waals surface area contributed by atoms with E-state index in [1.54, 1.807) is 43.5 Å². The molecule has 0 unspecified atom stereocenters. The zero-order chi connectivity index (χ0) is 12.4. The second-order valence-corrected chi connectivity index (χ2v) is 3.77. The molecule has 0 aliphatic rings. The molecule has 4 nitrogen and oxygen atoms in total. The quantitative estimate of drug-likeness (QED) is 0.840. The van der Waals surface area contributed by atoms with E-state index < -0.39 is 5.91 Å². The van der Waals surface area contributed by atoms with Gasteiger partial charge in [0.15, 0.2) is 0 Å². The van der Waals surface area contributed by atoms with Gasteiger partial charge in [-0.15, -0.1) is 0 Å². The summed E-state index contributed by atoms with van der Waals surface area (Å²) in [6.45, 7) is 1.80. The van der Waals surface area contributed by atoms with Crippen molar-refractivity contribution in [1.29, 1.82) is 0 Å². The van der Waals surface area contributed by atoms with Crippen LogP contribution in [0.2, 0.25) is 0 Å². The molecule has 0 fully saturated rings. The second-order valence-electron chi connectivity index (χ2n) is 3.77. The molecule has 1 aromatic carbocycles. The minimum atomic E-state index is -0.492. The van der Waals surface area contributed by atoms with E-state index in [4.69, 9.17) is 5.73 Å². The summed E-state index contributed by atoms with van der Waals surface area (Å²) in [7, 11) is 0. The number of aryl methyl sites for hydroxylation is 1. The van der Waals surface area contributed by atoms with Crippen molar-refractivity contribution in [3.05, 3.63) is 64.1 Å². The van der Waals surface area contributed by atoms with Crippen LogP contribution >= 0.6 is 0 Å². The summed E-state index contributed by atoms with van der Waals surface area (Å²) in [6, 6.07) is 10.1. The fraction of sp³-hybridized carbons (Fsp3) is 0.0769. The maximum atomic E-state index is 11.6. The SMILES string of the molecule is Cc1ccc(-n2ccccc2=O)cc1C(N)=O. The monoisotopic (exact) mass is 228 g/mol. The lowest BCUT2D eigenvalue weighted by molar-refractivity contribution is 0.0999. The molecule has 4 heteroatoms. The van der Waals surface area contributed by atoms with E-state index in [9.17, 15) is 9.59 Å². The molecule has 0 spiro atoms. The minimum Gasteiger partial charge on any atom is -0.366 e. The van der Waals surface area contributed by atoms with Gasteiger partial charge in [0, 0.05) is 23.5 Å². The summed E-state index contributed by atoms with van der Waals surface area (Å²) in [6.07, 6.45) is 1.65. The molecule has 0 saturated carbocycles. The zero-order valence-corrected chi connectivity index (χ0v) is 9.38. The van der Waals surface area contributed by atoms with E-state index in [0.29, 0.717) is 11.3 Å². The lowest BCUT2D eigenvalue weighted by Gasteiger charge is -2.08. The maximum absolute atomic E-state index is 11.6. The molecule has 0 aliphatic carbocycles. The zero-order valence-electron chi connectivity index (χ0n) is 9.38. The van der Waals surface area contributed by atoms with E-state index >= 15 is 0 Å². The van der Waals surface area contributed by atoms with Crippen LogP contribution in [0.15, 0.2) is 47.4 Å². The van der Waals surface area contributed by atoms with E-state index in [2.05, 4.69) is 0 Å². The van der Waals surface area contributed by atoms with E-state index in [1.165, 1.54) is 10.6 Å². The number of carbonyl (C=O) groups is 1. The van der Waals surface area contributed by atoms with Crippen LogP contribution in [0.1, 0.15) is 15.9 Å². The Kier molecular flexibility index (Phi) is 2.78. The lowest BCUT2D eigenvalue weighted by atomic mass is 10.1. The number of nitrogens with two attached hydrogens (primary N) is 1. The highest BCUT2D eigenvalue weighted by Crippen LogP contribution is 2.13. The van der Waals surface area contributed by atoms with Gasteiger partial charge < -0.3 is 5.73 Å². The number of carbonyl (C=O) groups excluding carboxylic acids is 1. The minimum absolute atomic E-state index is 0.147. The molecule has 0 atom stereocenters. The first-order valence-electron chi connectivity index (χ1n) is 5.18. The summed E-state index contributed by atoms with van der Waals surface area (Å²) in [4.78, 5) is 22.9. The highest BCUT2D eigenvalue weighted by Gasteiger charge is 2.07. The summed E-state index contributed by atoms with van der Waals surface area (Å²) in [5, 5.41) is 0. The van der Waals surface area contributed by atoms with Crippen LogP contribution < -0.4 is 11.3 Å². The Labute approximate surface area is 98.3 Å². The number of hydrogen-bond donors (Lipinski definition) is 1. The van der Waals surface area contributed by atoms with Crippen LogP contribution in [-0.2, 0) is 0 Å². The topological polar surface area (TPSA) is 65.1 Å². The van der Waals surface area contributed by atoms with Gasteiger partial charge in [-0.1, -0.05) is 12.1 Å². The second kappa shape index (κ2) is 4.25. The van der Waals surface area contributed by atoms with Crippen LogP contribution in [0.4, 0.5) is 0 Å². The van der Waals surface area contributed by atoms with E-state index in [1.807, 2.05) is 0 Å². The molecule has 2 rings (SSSR count). The average Bonchev–Trinajstić information content (AvgIpc) is 2.30. The van der Waals surface area contributed by atoms with Crippen molar-refractivity contribution in [2.45, 2.75) is 6.92 Å². The first kappa shape index (κ1) is 11.1. The number of rotatable bonds is 2. The van der Waals surface area contributed by atoms with Crippen molar-refractivity contribution in [3.63, 3.8) is 0 Å². The van der Waals surface area contributed by atoms with Gasteiger partial charge in [-0.25, -0.2) is 0 Å². The van der Waals surface area contributed by atoms with Crippen molar-refractivity contribution in [2.24, 2.45) is 5.73 Å². The molecule has 1 heterocycles.